The van der Waals surface area contributed by atoms with Crippen molar-refractivity contribution in [3.63, 3.8) is 0 Å². The Morgan fingerprint density at radius 2 is 1.78 bits per heavy atom. The van der Waals surface area contributed by atoms with Crippen LogP contribution in [0.1, 0.15) is 78.3 Å². The number of carbonyl (C=O) groups excluding carboxylic acids is 3. The predicted octanol–water partition coefficient (Wildman–Crippen LogP) is 4.90. The van der Waals surface area contributed by atoms with Gasteiger partial charge in [-0.05, 0) is 56.4 Å². The zero-order valence-corrected chi connectivity index (χ0v) is 21.6. The van der Waals surface area contributed by atoms with Crippen LogP contribution in [0.4, 0.5) is 4.79 Å². The van der Waals surface area contributed by atoms with Crippen molar-refractivity contribution in [2.45, 2.75) is 69.9 Å². The fourth-order valence-corrected chi connectivity index (χ4v) is 5.95. The molecule has 8 nitrogen and oxygen atoms in total. The van der Waals surface area contributed by atoms with Crippen molar-refractivity contribution in [3.05, 3.63) is 52.0 Å². The quantitative estimate of drug-likeness (QED) is 0.504. The molecule has 2 heterocycles. The highest BCUT2D eigenvalue weighted by Gasteiger charge is 2.28. The molecule has 9 heteroatoms. The summed E-state index contributed by atoms with van der Waals surface area (Å²) >= 11 is 1.52. The van der Waals surface area contributed by atoms with Gasteiger partial charge in [-0.25, -0.2) is 9.78 Å². The Morgan fingerprint density at radius 1 is 1.06 bits per heavy atom. The highest BCUT2D eigenvalue weighted by Crippen LogP contribution is 2.31. The number of nitrogens with zero attached hydrogens (tertiary/aromatic N) is 2. The van der Waals surface area contributed by atoms with Gasteiger partial charge >= 0.3 is 12.1 Å². The van der Waals surface area contributed by atoms with Crippen LogP contribution >= 0.6 is 11.3 Å². The van der Waals surface area contributed by atoms with Gasteiger partial charge in [0.2, 0.25) is 0 Å². The highest BCUT2D eigenvalue weighted by atomic mass is 32.1. The molecule has 0 bridgehead atoms. The third kappa shape index (κ3) is 7.29. The van der Waals surface area contributed by atoms with E-state index >= 15 is 0 Å². The molecular formula is C27H35N3O5S. The summed E-state index contributed by atoms with van der Waals surface area (Å²) in [6.07, 6.45) is 6.53. The Hall–Kier alpha value is -2.94. The largest absolute Gasteiger partial charge is 0.469 e. The lowest BCUT2D eigenvalue weighted by Gasteiger charge is -2.30. The Balaban J connectivity index is 1.18. The average molecular weight is 514 g/mol. The smallest absolute Gasteiger partial charge is 0.410 e. The molecule has 1 aliphatic carbocycles. The number of benzene rings is 1. The molecule has 194 valence electrons. The molecule has 1 aromatic heterocycles. The van der Waals surface area contributed by atoms with Gasteiger partial charge in [0.05, 0.1) is 12.1 Å². The van der Waals surface area contributed by atoms with E-state index < -0.39 is 0 Å². The molecule has 1 aliphatic heterocycles. The number of aromatic nitrogens is 1. The third-order valence-corrected chi connectivity index (χ3v) is 8.24. The van der Waals surface area contributed by atoms with Crippen LogP contribution in [0.3, 0.4) is 0 Å². The summed E-state index contributed by atoms with van der Waals surface area (Å²) in [5.41, 5.74) is 1.45. The molecular weight excluding hydrogens is 478 g/mol. The monoisotopic (exact) mass is 513 g/mol. The van der Waals surface area contributed by atoms with Gasteiger partial charge in [0.15, 0.2) is 0 Å². The minimum Gasteiger partial charge on any atom is -0.469 e. The van der Waals surface area contributed by atoms with E-state index in [1.807, 2.05) is 35.7 Å². The second kappa shape index (κ2) is 12.9. The second-order valence-electron chi connectivity index (χ2n) is 9.68. The summed E-state index contributed by atoms with van der Waals surface area (Å²) in [5, 5.41) is 5.94. The van der Waals surface area contributed by atoms with E-state index in [4.69, 9.17) is 9.47 Å². The molecule has 1 saturated carbocycles. The van der Waals surface area contributed by atoms with Gasteiger partial charge in [0.25, 0.3) is 5.91 Å². The van der Waals surface area contributed by atoms with E-state index in [9.17, 15) is 14.4 Å². The van der Waals surface area contributed by atoms with Gasteiger partial charge in [-0.15, -0.1) is 11.3 Å². The number of carbonyl (C=O) groups is 3. The van der Waals surface area contributed by atoms with Gasteiger partial charge in [0.1, 0.15) is 12.3 Å². The van der Waals surface area contributed by atoms with Gasteiger partial charge < -0.3 is 19.7 Å². The fraction of sp³-hybridized carbons (Fsp3) is 0.556. The molecule has 0 atom stereocenters. The SMILES string of the molecule is COC(=O)CCC1CCC(NC(=O)c2csc(C3CCN(C(=O)OCc4ccccc4)CC3)n2)CC1. The molecule has 0 unspecified atom stereocenters. The van der Waals surface area contributed by atoms with Crippen molar-refractivity contribution in [2.24, 2.45) is 5.92 Å². The van der Waals surface area contributed by atoms with Gasteiger partial charge in [-0.2, -0.15) is 0 Å². The number of methoxy groups -OCH3 is 1. The number of hydrogen-bond donors (Lipinski definition) is 1. The first-order valence-corrected chi connectivity index (χ1v) is 13.7. The molecule has 36 heavy (non-hydrogen) atoms. The molecule has 1 aromatic carbocycles. The average Bonchev–Trinajstić information content (AvgIpc) is 3.42. The van der Waals surface area contributed by atoms with Crippen molar-refractivity contribution in [2.75, 3.05) is 20.2 Å². The highest BCUT2D eigenvalue weighted by molar-refractivity contribution is 7.09. The van der Waals surface area contributed by atoms with Crippen molar-refractivity contribution in [1.29, 1.82) is 0 Å². The molecule has 1 N–H and O–H groups in total. The molecule has 2 amide bonds. The van der Waals surface area contributed by atoms with Gasteiger partial charge in [0, 0.05) is 36.9 Å². The number of nitrogens with one attached hydrogen (secondary N) is 1. The fourth-order valence-electron chi connectivity index (χ4n) is 4.98. The minimum absolute atomic E-state index is 0.113. The van der Waals surface area contributed by atoms with Gasteiger partial charge in [-0.3, -0.25) is 9.59 Å². The Morgan fingerprint density at radius 3 is 2.47 bits per heavy atom. The summed E-state index contributed by atoms with van der Waals surface area (Å²) < 4.78 is 10.2. The van der Waals surface area contributed by atoms with E-state index in [-0.39, 0.29) is 36.5 Å². The first kappa shape index (κ1) is 26.1. The van der Waals surface area contributed by atoms with Crippen molar-refractivity contribution in [1.82, 2.24) is 15.2 Å². The Labute approximate surface area is 216 Å². The summed E-state index contributed by atoms with van der Waals surface area (Å²) in [4.78, 5) is 42.9. The number of thiazole rings is 1. The van der Waals surface area contributed by atoms with Gasteiger partial charge in [-0.1, -0.05) is 30.3 Å². The van der Waals surface area contributed by atoms with E-state index in [0.29, 0.717) is 31.1 Å². The van der Waals surface area contributed by atoms with E-state index in [1.54, 1.807) is 4.90 Å². The number of amides is 2. The number of piperidine rings is 1. The number of hydrogen-bond acceptors (Lipinski definition) is 7. The number of ether oxygens (including phenoxy) is 2. The summed E-state index contributed by atoms with van der Waals surface area (Å²) in [6, 6.07) is 9.82. The second-order valence-corrected chi connectivity index (χ2v) is 10.6. The number of likely N-dealkylation sites (tertiary alicyclic amines) is 1. The lowest BCUT2D eigenvalue weighted by Crippen LogP contribution is -2.38. The van der Waals surface area contributed by atoms with Crippen LogP contribution in [-0.2, 0) is 20.9 Å². The standard InChI is InChI=1S/C27H35N3O5S/c1-34-24(31)12-9-19-7-10-22(11-8-19)28-25(32)23-18-36-26(29-23)21-13-15-30(16-14-21)27(33)35-17-20-5-3-2-4-6-20/h2-6,18-19,21-22H,7-17H2,1H3,(H,28,32). The summed E-state index contributed by atoms with van der Waals surface area (Å²) in [6.45, 7) is 1.52. The van der Waals surface area contributed by atoms with Crippen LogP contribution < -0.4 is 5.32 Å². The Bertz CT molecular complexity index is 1010. The third-order valence-electron chi connectivity index (χ3n) is 7.23. The first-order chi connectivity index (χ1) is 17.5. The molecule has 1 saturated heterocycles. The maximum absolute atomic E-state index is 12.8. The number of esters is 1. The van der Waals surface area contributed by atoms with Crippen LogP contribution in [0.5, 0.6) is 0 Å². The van der Waals surface area contributed by atoms with Crippen LogP contribution in [-0.4, -0.2) is 54.1 Å². The van der Waals surface area contributed by atoms with Crippen molar-refractivity contribution < 1.29 is 23.9 Å². The van der Waals surface area contributed by atoms with E-state index in [2.05, 4.69) is 10.3 Å². The van der Waals surface area contributed by atoms with Crippen molar-refractivity contribution >= 4 is 29.3 Å². The molecule has 2 aromatic rings. The summed E-state index contributed by atoms with van der Waals surface area (Å²) in [7, 11) is 1.42. The van der Waals surface area contributed by atoms with E-state index in [1.165, 1.54) is 18.4 Å². The summed E-state index contributed by atoms with van der Waals surface area (Å²) in [5.74, 6) is 0.500. The zero-order valence-electron chi connectivity index (χ0n) is 20.8. The normalized spacial score (nSPS) is 20.5. The molecule has 2 aliphatic rings. The molecule has 0 spiro atoms. The molecule has 4 rings (SSSR count). The Kier molecular flexibility index (Phi) is 9.33. The van der Waals surface area contributed by atoms with Crippen LogP contribution in [0.25, 0.3) is 0 Å². The maximum Gasteiger partial charge on any atom is 0.410 e. The topological polar surface area (TPSA) is 97.8 Å². The predicted molar refractivity (Wildman–Crippen MR) is 137 cm³/mol. The molecule has 2 fully saturated rings. The molecule has 0 radical (unpaired) electrons. The van der Waals surface area contributed by atoms with Crippen LogP contribution in [0.15, 0.2) is 35.7 Å². The lowest BCUT2D eigenvalue weighted by molar-refractivity contribution is -0.141. The minimum atomic E-state index is -0.281. The first-order valence-electron chi connectivity index (χ1n) is 12.8. The number of rotatable bonds is 8. The van der Waals surface area contributed by atoms with E-state index in [0.717, 1.165) is 55.5 Å². The lowest BCUT2D eigenvalue weighted by atomic mass is 9.83. The zero-order chi connectivity index (χ0) is 25.3. The van der Waals surface area contributed by atoms with Crippen molar-refractivity contribution in [3.8, 4) is 0 Å². The maximum atomic E-state index is 12.8. The van der Waals surface area contributed by atoms with Crippen LogP contribution in [0.2, 0.25) is 0 Å². The van der Waals surface area contributed by atoms with Crippen LogP contribution in [0, 0.1) is 5.92 Å².